The summed E-state index contributed by atoms with van der Waals surface area (Å²) >= 11 is 0. The zero-order chi connectivity index (χ0) is 12.4. The number of hydrogen-bond acceptors (Lipinski definition) is 5. The van der Waals surface area contributed by atoms with Crippen molar-refractivity contribution in [3.05, 3.63) is 12.3 Å². The van der Waals surface area contributed by atoms with Crippen LogP contribution in [0.15, 0.2) is 17.3 Å². The maximum Gasteiger partial charge on any atom is 0.327 e. The zero-order valence-electron chi connectivity index (χ0n) is 9.67. The van der Waals surface area contributed by atoms with Crippen LogP contribution in [0.3, 0.4) is 0 Å². The summed E-state index contributed by atoms with van der Waals surface area (Å²) in [6.07, 6.45) is 4.78. The molecule has 0 bridgehead atoms. The molecule has 0 radical (unpaired) electrons. The Bertz CT molecular complexity index is 287. The van der Waals surface area contributed by atoms with Gasteiger partial charge in [0.2, 0.25) is 0 Å². The predicted molar refractivity (Wildman–Crippen MR) is 58.9 cm³/mol. The highest BCUT2D eigenvalue weighted by Gasteiger charge is 2.04. The number of ether oxygens (including phenoxy) is 2. The normalized spacial score (nSPS) is 10.7. The molecule has 6 nitrogen and oxygen atoms in total. The Morgan fingerprint density at radius 3 is 2.38 bits per heavy atom. The number of esters is 2. The maximum absolute atomic E-state index is 11.0. The molecule has 0 aliphatic carbocycles. The Kier molecular flexibility index (Phi) is 7.48. The van der Waals surface area contributed by atoms with Crippen LogP contribution < -0.4 is 0 Å². The second-order valence-corrected chi connectivity index (χ2v) is 2.76. The van der Waals surface area contributed by atoms with Crippen LogP contribution >= 0.6 is 0 Å². The second kappa shape index (κ2) is 8.46. The van der Waals surface area contributed by atoms with Crippen LogP contribution in [0.2, 0.25) is 0 Å². The van der Waals surface area contributed by atoms with Crippen molar-refractivity contribution in [3.63, 3.8) is 0 Å². The van der Waals surface area contributed by atoms with Crippen LogP contribution in [0.25, 0.3) is 0 Å². The Morgan fingerprint density at radius 1 is 1.25 bits per heavy atom. The number of nitrogens with zero attached hydrogens (tertiary/aromatic N) is 2. The van der Waals surface area contributed by atoms with Crippen LogP contribution in [0.5, 0.6) is 0 Å². The summed E-state index contributed by atoms with van der Waals surface area (Å²) in [5, 5.41) is 0. The van der Waals surface area contributed by atoms with Gasteiger partial charge in [-0.05, 0) is 6.92 Å². The first-order chi connectivity index (χ1) is 7.63. The van der Waals surface area contributed by atoms with Gasteiger partial charge in [0.05, 0.1) is 20.6 Å². The van der Waals surface area contributed by atoms with E-state index in [1.807, 2.05) is 0 Å². The van der Waals surface area contributed by atoms with Crippen LogP contribution in [0.4, 0.5) is 0 Å². The van der Waals surface area contributed by atoms with E-state index in [1.54, 1.807) is 19.2 Å². The summed E-state index contributed by atoms with van der Waals surface area (Å²) < 4.78 is 8.92. The maximum atomic E-state index is 11.0. The molecule has 0 heterocycles. The van der Waals surface area contributed by atoms with Gasteiger partial charge >= 0.3 is 11.9 Å². The van der Waals surface area contributed by atoms with E-state index in [0.29, 0.717) is 0 Å². The minimum absolute atomic E-state index is 0.0471. The molecule has 0 fully saturated rings. The highest BCUT2D eigenvalue weighted by Crippen LogP contribution is 1.89. The van der Waals surface area contributed by atoms with Gasteiger partial charge in [0.1, 0.15) is 13.1 Å². The fourth-order valence-corrected chi connectivity index (χ4v) is 0.822. The molecule has 0 atom stereocenters. The predicted octanol–water partition coefficient (Wildman–Crippen LogP) is 0.196. The Labute approximate surface area is 94.5 Å². The first-order valence-corrected chi connectivity index (χ1v) is 4.66. The molecule has 90 valence electrons. The van der Waals surface area contributed by atoms with E-state index in [0.717, 1.165) is 0 Å². The van der Waals surface area contributed by atoms with Gasteiger partial charge in [-0.15, -0.1) is 0 Å². The number of rotatable bonds is 6. The van der Waals surface area contributed by atoms with E-state index in [9.17, 15) is 9.59 Å². The van der Waals surface area contributed by atoms with Crippen molar-refractivity contribution in [2.24, 2.45) is 4.99 Å². The van der Waals surface area contributed by atoms with Crippen LogP contribution in [-0.2, 0) is 19.1 Å². The van der Waals surface area contributed by atoms with Crippen molar-refractivity contribution in [2.45, 2.75) is 6.92 Å². The quantitative estimate of drug-likeness (QED) is 0.369. The highest BCUT2D eigenvalue weighted by molar-refractivity contribution is 5.77. The lowest BCUT2D eigenvalue weighted by Crippen LogP contribution is -2.25. The SMILES string of the molecule is C/C=C\N(C=NCC(=O)OC)CC(=O)OC. The number of hydrogen-bond donors (Lipinski definition) is 0. The molecule has 0 aliphatic heterocycles. The lowest BCUT2D eigenvalue weighted by molar-refractivity contribution is -0.140. The largest absolute Gasteiger partial charge is 0.468 e. The summed E-state index contributed by atoms with van der Waals surface area (Å²) in [5.74, 6) is -0.822. The number of carbonyl (C=O) groups is 2. The second-order valence-electron chi connectivity index (χ2n) is 2.76. The average Bonchev–Trinajstić information content (AvgIpc) is 2.28. The van der Waals surface area contributed by atoms with Crippen molar-refractivity contribution in [1.82, 2.24) is 4.90 Å². The molecule has 0 unspecified atom stereocenters. The molecule has 0 amide bonds. The Morgan fingerprint density at radius 2 is 1.88 bits per heavy atom. The molecule has 0 aromatic carbocycles. The van der Waals surface area contributed by atoms with Gasteiger partial charge in [0.15, 0.2) is 0 Å². The van der Waals surface area contributed by atoms with E-state index in [1.165, 1.54) is 25.5 Å². The first-order valence-electron chi connectivity index (χ1n) is 4.66. The van der Waals surface area contributed by atoms with Crippen molar-refractivity contribution in [1.29, 1.82) is 0 Å². The van der Waals surface area contributed by atoms with Crippen LogP contribution in [0, 0.1) is 0 Å². The van der Waals surface area contributed by atoms with Crippen molar-refractivity contribution in [2.75, 3.05) is 27.3 Å². The fraction of sp³-hybridized carbons (Fsp3) is 0.500. The molecule has 0 saturated carbocycles. The van der Waals surface area contributed by atoms with E-state index in [2.05, 4.69) is 14.5 Å². The van der Waals surface area contributed by atoms with Gasteiger partial charge in [-0.3, -0.25) is 14.6 Å². The average molecular weight is 228 g/mol. The van der Waals surface area contributed by atoms with E-state index < -0.39 is 5.97 Å². The molecule has 6 heteroatoms. The molecule has 0 N–H and O–H groups in total. The minimum Gasteiger partial charge on any atom is -0.468 e. The molecule has 0 rings (SSSR count). The summed E-state index contributed by atoms with van der Waals surface area (Å²) in [7, 11) is 2.60. The molecule has 16 heavy (non-hydrogen) atoms. The third kappa shape index (κ3) is 6.58. The van der Waals surface area contributed by atoms with Gasteiger partial charge in [-0.1, -0.05) is 6.08 Å². The molecule has 0 aromatic heterocycles. The summed E-state index contributed by atoms with van der Waals surface area (Å²) in [6, 6.07) is 0. The monoisotopic (exact) mass is 228 g/mol. The molecule has 0 saturated heterocycles. The molecule has 0 spiro atoms. The summed E-state index contributed by atoms with van der Waals surface area (Å²) in [4.78, 5) is 27.1. The first kappa shape index (κ1) is 14.2. The van der Waals surface area contributed by atoms with Crippen molar-refractivity contribution >= 4 is 18.3 Å². The fourth-order valence-electron chi connectivity index (χ4n) is 0.822. The topological polar surface area (TPSA) is 68.2 Å². The summed E-state index contributed by atoms with van der Waals surface area (Å²) in [5.41, 5.74) is 0. The van der Waals surface area contributed by atoms with Gasteiger partial charge in [-0.25, -0.2) is 0 Å². The van der Waals surface area contributed by atoms with Gasteiger partial charge < -0.3 is 14.4 Å². The van der Waals surface area contributed by atoms with Crippen molar-refractivity contribution < 1.29 is 19.1 Å². The highest BCUT2D eigenvalue weighted by atomic mass is 16.5. The Balaban J connectivity index is 4.22. The van der Waals surface area contributed by atoms with Crippen LogP contribution in [0.1, 0.15) is 6.92 Å². The Hall–Kier alpha value is -1.85. The van der Waals surface area contributed by atoms with Gasteiger partial charge in [0.25, 0.3) is 0 Å². The molecule has 0 aliphatic rings. The minimum atomic E-state index is -0.435. The van der Waals surface area contributed by atoms with Crippen LogP contribution in [-0.4, -0.2) is 50.5 Å². The lowest BCUT2D eigenvalue weighted by atomic mass is 10.5. The number of carbonyl (C=O) groups excluding carboxylic acids is 2. The van der Waals surface area contributed by atoms with Crippen molar-refractivity contribution in [3.8, 4) is 0 Å². The van der Waals surface area contributed by atoms with Gasteiger partial charge in [0, 0.05) is 6.20 Å². The number of aliphatic imine (C=N–C) groups is 1. The number of allylic oxidation sites excluding steroid dienone is 1. The zero-order valence-corrected chi connectivity index (χ0v) is 9.67. The summed E-state index contributed by atoms with van der Waals surface area (Å²) in [6.45, 7) is 1.77. The lowest BCUT2D eigenvalue weighted by Gasteiger charge is -2.12. The number of methoxy groups -OCH3 is 2. The third-order valence-corrected chi connectivity index (χ3v) is 1.56. The van der Waals surface area contributed by atoms with Gasteiger partial charge in [-0.2, -0.15) is 0 Å². The molecular weight excluding hydrogens is 212 g/mol. The van der Waals surface area contributed by atoms with E-state index in [4.69, 9.17) is 0 Å². The third-order valence-electron chi connectivity index (χ3n) is 1.56. The standard InChI is InChI=1S/C10H16N2O4/c1-4-5-12(7-10(14)16-3)8-11-6-9(13)15-2/h4-5,8H,6-7H2,1-3H3/b5-4-,11-8?. The van der Waals surface area contributed by atoms with E-state index in [-0.39, 0.29) is 19.1 Å². The molecule has 0 aromatic rings. The smallest absolute Gasteiger partial charge is 0.327 e. The molecular formula is C10H16N2O4. The van der Waals surface area contributed by atoms with E-state index >= 15 is 0 Å².